The molecule has 0 aliphatic carbocycles. The topological polar surface area (TPSA) is 105 Å². The lowest BCUT2D eigenvalue weighted by Crippen LogP contribution is -2.50. The highest BCUT2D eigenvalue weighted by molar-refractivity contribution is 7.92. The second-order valence-corrected chi connectivity index (χ2v) is 12.3. The van der Waals surface area contributed by atoms with Gasteiger partial charge in [-0.3, -0.25) is 13.9 Å². The smallest absolute Gasteiger partial charge is 0.243 e. The lowest BCUT2D eigenvalue weighted by Gasteiger charge is -2.32. The number of ether oxygens (including phenoxy) is 2. The predicted molar refractivity (Wildman–Crippen MR) is 170 cm³/mol. The van der Waals surface area contributed by atoms with Gasteiger partial charge < -0.3 is 19.7 Å². The highest BCUT2D eigenvalue weighted by Crippen LogP contribution is 2.24. The molecule has 0 saturated heterocycles. The molecule has 3 aromatic rings. The summed E-state index contributed by atoms with van der Waals surface area (Å²) in [5, 5.41) is 3.02. The number of nitrogens with one attached hydrogen (secondary N) is 1. The number of anilines is 1. The van der Waals surface area contributed by atoms with Crippen LogP contribution in [0.3, 0.4) is 0 Å². The van der Waals surface area contributed by atoms with Gasteiger partial charge in [0.25, 0.3) is 0 Å². The van der Waals surface area contributed by atoms with Crippen molar-refractivity contribution in [1.82, 2.24) is 10.2 Å². The number of hydrogen-bond donors (Lipinski definition) is 1. The number of sulfonamides is 1. The highest BCUT2D eigenvalue weighted by Gasteiger charge is 2.30. The van der Waals surface area contributed by atoms with Crippen molar-refractivity contribution in [2.24, 2.45) is 0 Å². The van der Waals surface area contributed by atoms with E-state index in [1.54, 1.807) is 36.3 Å². The molecule has 0 aliphatic rings. The maximum atomic E-state index is 14.0. The van der Waals surface area contributed by atoms with Crippen LogP contribution in [-0.4, -0.2) is 64.7 Å². The molecule has 10 heteroatoms. The first kappa shape index (κ1) is 33.5. The SMILES string of the molecule is CCCCNC(=O)C(Cc1ccccc1)N(Cc1cccc(OC)c1)C(=O)CCCN(c1cccc(OC)c1)S(C)(=O)=O. The number of carbonyl (C=O) groups excluding carboxylic acids is 2. The lowest BCUT2D eigenvalue weighted by molar-refractivity contribution is -0.141. The number of unbranched alkanes of at least 4 members (excludes halogenated alkanes) is 1. The highest BCUT2D eigenvalue weighted by atomic mass is 32.2. The Kier molecular flexibility index (Phi) is 12.9. The normalized spacial score (nSPS) is 11.8. The fourth-order valence-electron chi connectivity index (χ4n) is 4.80. The summed E-state index contributed by atoms with van der Waals surface area (Å²) in [5.41, 5.74) is 2.21. The molecule has 43 heavy (non-hydrogen) atoms. The van der Waals surface area contributed by atoms with Crippen LogP contribution in [-0.2, 0) is 32.6 Å². The van der Waals surface area contributed by atoms with E-state index in [4.69, 9.17) is 9.47 Å². The molecule has 2 amide bonds. The summed E-state index contributed by atoms with van der Waals surface area (Å²) in [6, 6.07) is 23.1. The third kappa shape index (κ3) is 10.3. The van der Waals surface area contributed by atoms with Crippen molar-refractivity contribution in [1.29, 1.82) is 0 Å². The standard InChI is InChI=1S/C33H43N3O6S/c1-5-6-20-34-33(38)31(23-26-13-8-7-9-14-26)35(25-27-15-10-17-29(22-27)41-2)32(37)19-12-21-36(43(4,39)40)28-16-11-18-30(24-28)42-3/h7-11,13-18,22,24,31H,5-6,12,19-21,23,25H2,1-4H3,(H,34,38). The van der Waals surface area contributed by atoms with Gasteiger partial charge in [0.1, 0.15) is 17.5 Å². The van der Waals surface area contributed by atoms with E-state index < -0.39 is 16.1 Å². The minimum Gasteiger partial charge on any atom is -0.497 e. The maximum Gasteiger partial charge on any atom is 0.243 e. The number of amides is 2. The van der Waals surface area contributed by atoms with Crippen LogP contribution in [0, 0.1) is 0 Å². The predicted octanol–water partition coefficient (Wildman–Crippen LogP) is 4.81. The Morgan fingerprint density at radius 3 is 2.16 bits per heavy atom. The summed E-state index contributed by atoms with van der Waals surface area (Å²) in [7, 11) is -0.528. The van der Waals surface area contributed by atoms with Gasteiger partial charge in [0.05, 0.1) is 26.2 Å². The molecule has 9 nitrogen and oxygen atoms in total. The van der Waals surface area contributed by atoms with Crippen molar-refractivity contribution in [2.45, 2.75) is 51.6 Å². The summed E-state index contributed by atoms with van der Waals surface area (Å²) >= 11 is 0. The quantitative estimate of drug-likeness (QED) is 0.220. The monoisotopic (exact) mass is 609 g/mol. The Hall–Kier alpha value is -4.05. The minimum absolute atomic E-state index is 0.0491. The second kappa shape index (κ2) is 16.6. The van der Waals surface area contributed by atoms with E-state index in [2.05, 4.69) is 12.2 Å². The zero-order valence-corrected chi connectivity index (χ0v) is 26.3. The molecule has 0 radical (unpaired) electrons. The van der Waals surface area contributed by atoms with Gasteiger partial charge in [-0.2, -0.15) is 0 Å². The second-order valence-electron chi connectivity index (χ2n) is 10.4. The largest absolute Gasteiger partial charge is 0.497 e. The molecule has 0 fully saturated rings. The Morgan fingerprint density at radius 2 is 1.51 bits per heavy atom. The van der Waals surface area contributed by atoms with E-state index in [0.29, 0.717) is 30.2 Å². The van der Waals surface area contributed by atoms with Crippen LogP contribution in [0.5, 0.6) is 11.5 Å². The summed E-state index contributed by atoms with van der Waals surface area (Å²) in [4.78, 5) is 29.2. The summed E-state index contributed by atoms with van der Waals surface area (Å²) < 4.78 is 37.3. The van der Waals surface area contributed by atoms with Gasteiger partial charge in [-0.15, -0.1) is 0 Å². The van der Waals surface area contributed by atoms with Crippen molar-refractivity contribution < 1.29 is 27.5 Å². The van der Waals surface area contributed by atoms with Crippen molar-refractivity contribution >= 4 is 27.5 Å². The van der Waals surface area contributed by atoms with Crippen LogP contribution in [0.2, 0.25) is 0 Å². The van der Waals surface area contributed by atoms with Crippen LogP contribution in [0.15, 0.2) is 78.9 Å². The Balaban J connectivity index is 1.89. The van der Waals surface area contributed by atoms with E-state index >= 15 is 0 Å². The van der Waals surface area contributed by atoms with Crippen LogP contribution < -0.4 is 19.1 Å². The van der Waals surface area contributed by atoms with E-state index in [1.165, 1.54) is 11.4 Å². The molecule has 1 atom stereocenters. The molecule has 0 saturated carbocycles. The van der Waals surface area contributed by atoms with Crippen molar-refractivity contribution in [3.63, 3.8) is 0 Å². The first-order chi connectivity index (χ1) is 20.7. The fourth-order valence-corrected chi connectivity index (χ4v) is 5.75. The number of hydrogen-bond acceptors (Lipinski definition) is 6. The van der Waals surface area contributed by atoms with Crippen LogP contribution in [0.25, 0.3) is 0 Å². The van der Waals surface area contributed by atoms with E-state index in [0.717, 1.165) is 30.2 Å². The molecule has 1 unspecified atom stereocenters. The number of rotatable bonds is 17. The number of nitrogens with zero attached hydrogens (tertiary/aromatic N) is 2. The summed E-state index contributed by atoms with van der Waals surface area (Å²) in [6.45, 7) is 2.86. The average molecular weight is 610 g/mol. The zero-order valence-electron chi connectivity index (χ0n) is 25.5. The van der Waals surface area contributed by atoms with Gasteiger partial charge >= 0.3 is 0 Å². The Morgan fingerprint density at radius 1 is 0.860 bits per heavy atom. The third-order valence-corrected chi connectivity index (χ3v) is 8.28. The number of benzene rings is 3. The maximum absolute atomic E-state index is 14.0. The van der Waals surface area contributed by atoms with Crippen LogP contribution in [0.1, 0.15) is 43.7 Å². The molecule has 0 aromatic heterocycles. The van der Waals surface area contributed by atoms with Gasteiger partial charge in [-0.25, -0.2) is 8.42 Å². The summed E-state index contributed by atoms with van der Waals surface area (Å²) in [6.07, 6.45) is 3.55. The first-order valence-corrected chi connectivity index (χ1v) is 16.4. The fraction of sp³-hybridized carbons (Fsp3) is 0.394. The van der Waals surface area contributed by atoms with Gasteiger partial charge in [-0.1, -0.05) is 61.9 Å². The number of methoxy groups -OCH3 is 2. The minimum atomic E-state index is -3.63. The van der Waals surface area contributed by atoms with Crippen LogP contribution in [0.4, 0.5) is 5.69 Å². The van der Waals surface area contributed by atoms with Gasteiger partial charge in [0.15, 0.2) is 0 Å². The lowest BCUT2D eigenvalue weighted by atomic mass is 10.0. The molecular formula is C33H43N3O6S. The molecule has 0 spiro atoms. The molecule has 232 valence electrons. The van der Waals surface area contributed by atoms with Gasteiger partial charge in [0, 0.05) is 38.5 Å². The summed E-state index contributed by atoms with van der Waals surface area (Å²) in [5.74, 6) is 0.722. The van der Waals surface area contributed by atoms with Crippen LogP contribution >= 0.6 is 0 Å². The molecule has 0 bridgehead atoms. The van der Waals surface area contributed by atoms with E-state index in [1.807, 2.05) is 54.6 Å². The molecular weight excluding hydrogens is 566 g/mol. The zero-order chi connectivity index (χ0) is 31.2. The first-order valence-electron chi connectivity index (χ1n) is 14.5. The van der Waals surface area contributed by atoms with Crippen molar-refractivity contribution in [3.8, 4) is 11.5 Å². The van der Waals surface area contributed by atoms with Gasteiger partial charge in [0.2, 0.25) is 21.8 Å². The van der Waals surface area contributed by atoms with E-state index in [9.17, 15) is 18.0 Å². The van der Waals surface area contributed by atoms with Gasteiger partial charge in [-0.05, 0) is 48.2 Å². The third-order valence-electron chi connectivity index (χ3n) is 7.08. The van der Waals surface area contributed by atoms with Crippen molar-refractivity contribution in [3.05, 3.63) is 90.0 Å². The Labute approximate surface area is 255 Å². The average Bonchev–Trinajstić information content (AvgIpc) is 3.01. The molecule has 0 heterocycles. The molecule has 1 N–H and O–H groups in total. The Bertz CT molecular complexity index is 1430. The molecule has 3 rings (SSSR count). The van der Waals surface area contributed by atoms with E-state index in [-0.39, 0.29) is 37.7 Å². The van der Waals surface area contributed by atoms with Crippen molar-refractivity contribution in [2.75, 3.05) is 37.9 Å². The molecule has 3 aromatic carbocycles. The molecule has 0 aliphatic heterocycles. The number of carbonyl (C=O) groups is 2.